The fourth-order valence-electron chi connectivity index (χ4n) is 3.69. The second-order valence-electron chi connectivity index (χ2n) is 6.80. The lowest BCUT2D eigenvalue weighted by atomic mass is 9.84. The van der Waals surface area contributed by atoms with Crippen LogP contribution in [0.4, 0.5) is 4.39 Å². The molecule has 0 spiro atoms. The van der Waals surface area contributed by atoms with Crippen LogP contribution in [0.1, 0.15) is 23.2 Å². The molecule has 3 aliphatic rings. The maximum atomic E-state index is 12.9. The van der Waals surface area contributed by atoms with Gasteiger partial charge in [0.2, 0.25) is 0 Å². The van der Waals surface area contributed by atoms with E-state index in [1.165, 1.54) is 25.0 Å². The topological polar surface area (TPSA) is 41.6 Å². The minimum absolute atomic E-state index is 0.0351. The molecule has 2 bridgehead atoms. The van der Waals surface area contributed by atoms with E-state index < -0.39 is 0 Å². The standard InChI is InChI=1S/C20H21FN2O2/c21-16-3-7-18(8-4-16)25-17-5-1-15(2-6-17)20(24)22-19-13-23-11-9-14(19)10-12-23/h1-8,14,19H,9-13H2,(H,22,24)/t19-/m0/s1. The normalized spacial score (nSPS) is 24.8. The largest absolute Gasteiger partial charge is 0.457 e. The molecule has 2 aromatic carbocycles. The summed E-state index contributed by atoms with van der Waals surface area (Å²) in [6.45, 7) is 3.28. The summed E-state index contributed by atoms with van der Waals surface area (Å²) in [5, 5.41) is 3.18. The molecule has 5 heteroatoms. The van der Waals surface area contributed by atoms with Crippen molar-refractivity contribution in [2.24, 2.45) is 5.92 Å². The van der Waals surface area contributed by atoms with Crippen LogP contribution >= 0.6 is 0 Å². The summed E-state index contributed by atoms with van der Waals surface area (Å²) in [7, 11) is 0. The van der Waals surface area contributed by atoms with Crippen LogP contribution in [0.2, 0.25) is 0 Å². The van der Waals surface area contributed by atoms with E-state index in [1.807, 2.05) is 0 Å². The molecule has 5 rings (SSSR count). The van der Waals surface area contributed by atoms with Gasteiger partial charge < -0.3 is 15.0 Å². The van der Waals surface area contributed by atoms with Crippen molar-refractivity contribution in [2.45, 2.75) is 18.9 Å². The monoisotopic (exact) mass is 340 g/mol. The van der Waals surface area contributed by atoms with E-state index >= 15 is 0 Å². The average Bonchev–Trinajstić information content (AvgIpc) is 2.65. The SMILES string of the molecule is O=C(N[C@H]1CN2CCC1CC2)c1ccc(Oc2ccc(F)cc2)cc1. The Bertz CT molecular complexity index is 737. The molecule has 0 aliphatic carbocycles. The summed E-state index contributed by atoms with van der Waals surface area (Å²) in [4.78, 5) is 14.9. The Labute approximate surface area is 146 Å². The van der Waals surface area contributed by atoms with Gasteiger partial charge in [0.05, 0.1) is 0 Å². The molecule has 4 nitrogen and oxygen atoms in total. The first-order valence-electron chi connectivity index (χ1n) is 8.74. The lowest BCUT2D eigenvalue weighted by Gasteiger charge is -2.44. The Balaban J connectivity index is 1.38. The Morgan fingerprint density at radius 3 is 2.16 bits per heavy atom. The van der Waals surface area contributed by atoms with Gasteiger partial charge in [0.1, 0.15) is 17.3 Å². The zero-order valence-electron chi connectivity index (χ0n) is 14.0. The van der Waals surface area contributed by atoms with Crippen LogP contribution in [-0.4, -0.2) is 36.5 Å². The summed E-state index contributed by atoms with van der Waals surface area (Å²) < 4.78 is 18.6. The number of ether oxygens (including phenoxy) is 1. The molecule has 2 aromatic rings. The van der Waals surface area contributed by atoms with Gasteiger partial charge in [-0.2, -0.15) is 0 Å². The quantitative estimate of drug-likeness (QED) is 0.927. The fourth-order valence-corrected chi connectivity index (χ4v) is 3.69. The van der Waals surface area contributed by atoms with Gasteiger partial charge in [-0.05, 0) is 80.4 Å². The zero-order chi connectivity index (χ0) is 17.2. The highest BCUT2D eigenvalue weighted by Crippen LogP contribution is 2.28. The molecule has 130 valence electrons. The van der Waals surface area contributed by atoms with Gasteiger partial charge in [-0.3, -0.25) is 4.79 Å². The van der Waals surface area contributed by atoms with Crippen LogP contribution in [-0.2, 0) is 0 Å². The summed E-state index contributed by atoms with van der Waals surface area (Å²) in [5.74, 6) is 1.45. The van der Waals surface area contributed by atoms with Crippen molar-refractivity contribution in [1.29, 1.82) is 0 Å². The number of fused-ring (bicyclic) bond motifs is 3. The fraction of sp³-hybridized carbons (Fsp3) is 0.350. The van der Waals surface area contributed by atoms with Crippen LogP contribution in [0, 0.1) is 11.7 Å². The van der Waals surface area contributed by atoms with Crippen molar-refractivity contribution in [2.75, 3.05) is 19.6 Å². The van der Waals surface area contributed by atoms with Gasteiger partial charge >= 0.3 is 0 Å². The zero-order valence-corrected chi connectivity index (χ0v) is 14.0. The molecule has 0 aromatic heterocycles. The highest BCUT2D eigenvalue weighted by Gasteiger charge is 2.34. The van der Waals surface area contributed by atoms with Gasteiger partial charge in [-0.1, -0.05) is 0 Å². The van der Waals surface area contributed by atoms with Crippen molar-refractivity contribution in [3.63, 3.8) is 0 Å². The number of benzene rings is 2. The third kappa shape index (κ3) is 3.66. The first kappa shape index (κ1) is 16.1. The van der Waals surface area contributed by atoms with Crippen LogP contribution in [0.15, 0.2) is 48.5 Å². The number of halogens is 1. The number of carbonyl (C=O) groups excluding carboxylic acids is 1. The van der Waals surface area contributed by atoms with Crippen molar-refractivity contribution in [1.82, 2.24) is 10.2 Å². The Morgan fingerprint density at radius 2 is 1.60 bits per heavy atom. The van der Waals surface area contributed by atoms with E-state index in [0.29, 0.717) is 23.0 Å². The Kier molecular flexibility index (Phi) is 4.40. The van der Waals surface area contributed by atoms with Crippen molar-refractivity contribution in [3.05, 3.63) is 59.9 Å². The van der Waals surface area contributed by atoms with E-state index in [1.54, 1.807) is 36.4 Å². The van der Waals surface area contributed by atoms with E-state index in [4.69, 9.17) is 4.74 Å². The smallest absolute Gasteiger partial charge is 0.251 e. The molecule has 1 atom stereocenters. The second-order valence-corrected chi connectivity index (χ2v) is 6.80. The summed E-state index contributed by atoms with van der Waals surface area (Å²) in [6.07, 6.45) is 2.35. The molecule has 0 unspecified atom stereocenters. The van der Waals surface area contributed by atoms with E-state index in [9.17, 15) is 9.18 Å². The van der Waals surface area contributed by atoms with Crippen molar-refractivity contribution >= 4 is 5.91 Å². The molecule has 0 radical (unpaired) electrons. The lowest BCUT2D eigenvalue weighted by molar-refractivity contribution is 0.0620. The lowest BCUT2D eigenvalue weighted by Crippen LogP contribution is -2.57. The van der Waals surface area contributed by atoms with E-state index in [2.05, 4.69) is 10.2 Å². The number of piperidine rings is 3. The number of nitrogens with zero attached hydrogens (tertiary/aromatic N) is 1. The number of amides is 1. The van der Waals surface area contributed by atoms with Crippen molar-refractivity contribution < 1.29 is 13.9 Å². The van der Waals surface area contributed by atoms with Gasteiger partial charge in [-0.25, -0.2) is 4.39 Å². The highest BCUT2D eigenvalue weighted by molar-refractivity contribution is 5.94. The minimum Gasteiger partial charge on any atom is -0.457 e. The third-order valence-electron chi connectivity index (χ3n) is 5.14. The van der Waals surface area contributed by atoms with Gasteiger partial charge in [0, 0.05) is 18.2 Å². The predicted molar refractivity (Wildman–Crippen MR) is 93.3 cm³/mol. The molecule has 3 fully saturated rings. The van der Waals surface area contributed by atoms with Gasteiger partial charge in [-0.15, -0.1) is 0 Å². The predicted octanol–water partition coefficient (Wildman–Crippen LogP) is 3.44. The third-order valence-corrected chi connectivity index (χ3v) is 5.14. The van der Waals surface area contributed by atoms with Gasteiger partial charge in [0.25, 0.3) is 5.91 Å². The molecule has 3 saturated heterocycles. The molecule has 3 heterocycles. The first-order chi connectivity index (χ1) is 12.2. The summed E-state index contributed by atoms with van der Waals surface area (Å²) in [5.41, 5.74) is 0.628. The van der Waals surface area contributed by atoms with Crippen LogP contribution < -0.4 is 10.1 Å². The Hall–Kier alpha value is -2.40. The van der Waals surface area contributed by atoms with Crippen molar-refractivity contribution in [3.8, 4) is 11.5 Å². The van der Waals surface area contributed by atoms with Crippen LogP contribution in [0.3, 0.4) is 0 Å². The summed E-state index contributed by atoms with van der Waals surface area (Å²) >= 11 is 0. The van der Waals surface area contributed by atoms with Gasteiger partial charge in [0.15, 0.2) is 0 Å². The molecular formula is C20H21FN2O2. The second kappa shape index (κ2) is 6.84. The minimum atomic E-state index is -0.299. The number of hydrogen-bond acceptors (Lipinski definition) is 3. The molecular weight excluding hydrogens is 319 g/mol. The number of nitrogens with one attached hydrogen (secondary N) is 1. The average molecular weight is 340 g/mol. The number of rotatable bonds is 4. The maximum absolute atomic E-state index is 12.9. The Morgan fingerprint density at radius 1 is 1.00 bits per heavy atom. The molecule has 0 saturated carbocycles. The molecule has 1 amide bonds. The maximum Gasteiger partial charge on any atom is 0.251 e. The highest BCUT2D eigenvalue weighted by atomic mass is 19.1. The first-order valence-corrected chi connectivity index (χ1v) is 8.74. The van der Waals surface area contributed by atoms with Crippen LogP contribution in [0.25, 0.3) is 0 Å². The summed E-state index contributed by atoms with van der Waals surface area (Å²) in [6, 6.07) is 13.1. The van der Waals surface area contributed by atoms with Crippen LogP contribution in [0.5, 0.6) is 11.5 Å². The van der Waals surface area contributed by atoms with E-state index in [0.717, 1.165) is 19.6 Å². The van der Waals surface area contributed by atoms with E-state index in [-0.39, 0.29) is 17.8 Å². The molecule has 3 aliphatic heterocycles. The molecule has 1 N–H and O–H groups in total. The molecule has 25 heavy (non-hydrogen) atoms. The number of hydrogen-bond donors (Lipinski definition) is 1. The number of carbonyl (C=O) groups is 1.